The molecule has 0 bridgehead atoms. The zero-order valence-electron chi connectivity index (χ0n) is 14.1. The van der Waals surface area contributed by atoms with E-state index in [0.717, 1.165) is 17.8 Å². The second-order valence-electron chi connectivity index (χ2n) is 5.79. The summed E-state index contributed by atoms with van der Waals surface area (Å²) in [4.78, 5) is 0. The number of aromatic hydroxyl groups is 1. The van der Waals surface area contributed by atoms with Crippen LogP contribution in [-0.4, -0.2) is 39.8 Å². The average Bonchev–Trinajstić information content (AvgIpc) is 3.36. The highest BCUT2D eigenvalue weighted by Gasteiger charge is 2.27. The lowest BCUT2D eigenvalue weighted by atomic mass is 10.1. The van der Waals surface area contributed by atoms with Gasteiger partial charge in [-0.05, 0) is 30.0 Å². The molecule has 0 unspecified atom stereocenters. The van der Waals surface area contributed by atoms with Crippen LogP contribution >= 0.6 is 11.3 Å². The number of phenols is 1. The van der Waals surface area contributed by atoms with Crippen LogP contribution in [0.4, 0.5) is 5.69 Å². The third-order valence-corrected chi connectivity index (χ3v) is 6.70. The van der Waals surface area contributed by atoms with Crippen LogP contribution < -0.4 is 14.2 Å². The van der Waals surface area contributed by atoms with Crippen molar-refractivity contribution >= 4 is 33.1 Å². The van der Waals surface area contributed by atoms with Crippen molar-refractivity contribution in [2.45, 2.75) is 16.9 Å². The first kappa shape index (κ1) is 18.1. The van der Waals surface area contributed by atoms with E-state index in [1.54, 1.807) is 23.6 Å². The fourth-order valence-electron chi connectivity index (χ4n) is 2.69. The van der Waals surface area contributed by atoms with Crippen molar-refractivity contribution in [2.75, 3.05) is 24.7 Å². The Kier molecular flexibility index (Phi) is 4.96. The third kappa shape index (κ3) is 3.74. The van der Waals surface area contributed by atoms with Crippen LogP contribution in [0.2, 0.25) is 0 Å². The second-order valence-corrected chi connectivity index (χ2v) is 8.64. The van der Waals surface area contributed by atoms with E-state index in [1.807, 2.05) is 0 Å². The summed E-state index contributed by atoms with van der Waals surface area (Å²) >= 11 is 1.10. The number of phenolic OH excluding ortho intramolecular Hbond substituents is 1. The van der Waals surface area contributed by atoms with E-state index in [9.17, 15) is 13.5 Å². The first-order chi connectivity index (χ1) is 13.0. The number of anilines is 1. The van der Waals surface area contributed by atoms with Crippen LogP contribution in [0.25, 0.3) is 6.08 Å². The molecular weight excluding hydrogens is 394 g/mol. The molecule has 1 aromatic heterocycles. The summed E-state index contributed by atoms with van der Waals surface area (Å²) in [6.45, 7) is 1.07. The van der Waals surface area contributed by atoms with Crippen LogP contribution in [0.15, 0.2) is 33.9 Å². The first-order valence-corrected chi connectivity index (χ1v) is 10.5. The monoisotopic (exact) mass is 411 g/mol. The molecule has 1 fully saturated rings. The summed E-state index contributed by atoms with van der Waals surface area (Å²) in [7, 11) is -3.78. The highest BCUT2D eigenvalue weighted by atomic mass is 32.2. The van der Waals surface area contributed by atoms with Gasteiger partial charge in [-0.25, -0.2) is 8.42 Å². The van der Waals surface area contributed by atoms with Crippen molar-refractivity contribution in [1.29, 1.82) is 0 Å². The largest absolute Gasteiger partial charge is 0.504 e. The number of nitrogens with one attached hydrogen (secondary N) is 1. The van der Waals surface area contributed by atoms with Gasteiger partial charge in [-0.15, -0.1) is 11.3 Å². The molecule has 0 amide bonds. The highest BCUT2D eigenvalue weighted by molar-refractivity contribution is 7.94. The summed E-state index contributed by atoms with van der Waals surface area (Å²) in [5.41, 5.74) is 0.528. The Morgan fingerprint density at radius 2 is 2.00 bits per heavy atom. The van der Waals surface area contributed by atoms with Crippen LogP contribution in [-0.2, 0) is 19.5 Å². The Balaban J connectivity index is 1.67. The molecule has 0 saturated carbocycles. The van der Waals surface area contributed by atoms with E-state index in [0.29, 0.717) is 18.8 Å². The lowest BCUT2D eigenvalue weighted by molar-refractivity contribution is -0.149. The summed E-state index contributed by atoms with van der Waals surface area (Å²) in [5, 5.41) is 12.1. The molecule has 2 aliphatic heterocycles. The number of hydrogen-bond donors (Lipinski definition) is 2. The maximum atomic E-state index is 12.5. The number of sulfonamides is 1. The molecule has 10 heteroatoms. The predicted molar refractivity (Wildman–Crippen MR) is 98.7 cm³/mol. The topological polar surface area (TPSA) is 103 Å². The molecule has 8 nitrogen and oxygen atoms in total. The second kappa shape index (κ2) is 7.39. The fourth-order valence-corrected chi connectivity index (χ4v) is 4.73. The van der Waals surface area contributed by atoms with Gasteiger partial charge < -0.3 is 24.1 Å². The number of thiophene rings is 1. The van der Waals surface area contributed by atoms with E-state index >= 15 is 0 Å². The summed E-state index contributed by atoms with van der Waals surface area (Å²) in [6, 6.07) is 4.63. The molecule has 1 saturated heterocycles. The zero-order valence-corrected chi connectivity index (χ0v) is 15.7. The van der Waals surface area contributed by atoms with Crippen molar-refractivity contribution in [1.82, 2.24) is 0 Å². The SMILES string of the molecule is O=S(=O)(Nc1cc(/C=C/C2OCCCO2)c(O)c2c1OCO2)c1cccs1. The Morgan fingerprint density at radius 1 is 1.22 bits per heavy atom. The van der Waals surface area contributed by atoms with Crippen molar-refractivity contribution in [3.63, 3.8) is 0 Å². The lowest BCUT2D eigenvalue weighted by Gasteiger charge is -2.20. The number of hydrogen-bond acceptors (Lipinski definition) is 8. The van der Waals surface area contributed by atoms with Gasteiger partial charge in [0.2, 0.25) is 12.5 Å². The smallest absolute Gasteiger partial charge is 0.271 e. The first-order valence-electron chi connectivity index (χ1n) is 8.18. The predicted octanol–water partition coefficient (Wildman–Crippen LogP) is 2.76. The number of benzene rings is 1. The van der Waals surface area contributed by atoms with Gasteiger partial charge in [-0.2, -0.15) is 0 Å². The van der Waals surface area contributed by atoms with Crippen LogP contribution in [0, 0.1) is 0 Å². The molecule has 0 atom stereocenters. The highest BCUT2D eigenvalue weighted by Crippen LogP contribution is 2.48. The molecule has 3 heterocycles. The van der Waals surface area contributed by atoms with Crippen molar-refractivity contribution < 1.29 is 32.5 Å². The molecule has 0 aliphatic carbocycles. The Bertz CT molecular complexity index is 948. The molecule has 0 spiro atoms. The molecular formula is C17H17NO7S2. The minimum atomic E-state index is -3.78. The summed E-state index contributed by atoms with van der Waals surface area (Å²) < 4.78 is 49.3. The van der Waals surface area contributed by atoms with Crippen LogP contribution in [0.1, 0.15) is 12.0 Å². The van der Waals surface area contributed by atoms with Crippen LogP contribution in [0.5, 0.6) is 17.2 Å². The maximum Gasteiger partial charge on any atom is 0.271 e. The molecule has 27 heavy (non-hydrogen) atoms. The van der Waals surface area contributed by atoms with Crippen molar-refractivity contribution in [3.8, 4) is 17.2 Å². The third-order valence-electron chi connectivity index (χ3n) is 3.94. The summed E-state index contributed by atoms with van der Waals surface area (Å²) in [5.74, 6) is 0.0927. The quantitative estimate of drug-likeness (QED) is 0.729. The van der Waals surface area contributed by atoms with Gasteiger partial charge in [0.25, 0.3) is 10.0 Å². The lowest BCUT2D eigenvalue weighted by Crippen LogP contribution is -2.22. The normalized spacial score (nSPS) is 17.5. The van der Waals surface area contributed by atoms with E-state index in [-0.39, 0.29) is 33.9 Å². The minimum Gasteiger partial charge on any atom is -0.504 e. The van der Waals surface area contributed by atoms with Crippen molar-refractivity contribution in [2.24, 2.45) is 0 Å². The maximum absolute atomic E-state index is 12.5. The van der Waals surface area contributed by atoms with Crippen LogP contribution in [0.3, 0.4) is 0 Å². The van der Waals surface area contributed by atoms with Gasteiger partial charge in [-0.1, -0.05) is 12.1 Å². The van der Waals surface area contributed by atoms with E-state index < -0.39 is 16.3 Å². The van der Waals surface area contributed by atoms with E-state index in [4.69, 9.17) is 18.9 Å². The number of ether oxygens (including phenoxy) is 4. The van der Waals surface area contributed by atoms with Gasteiger partial charge in [0, 0.05) is 5.56 Å². The average molecular weight is 411 g/mol. The van der Waals surface area contributed by atoms with Gasteiger partial charge in [0.15, 0.2) is 17.8 Å². The minimum absolute atomic E-state index is 0.0894. The van der Waals surface area contributed by atoms with E-state index in [1.165, 1.54) is 12.1 Å². The fraction of sp³-hybridized carbons (Fsp3) is 0.294. The molecule has 0 radical (unpaired) electrons. The molecule has 2 aliphatic rings. The van der Waals surface area contributed by atoms with Gasteiger partial charge in [0.1, 0.15) is 4.21 Å². The van der Waals surface area contributed by atoms with Gasteiger partial charge >= 0.3 is 0 Å². The van der Waals surface area contributed by atoms with Gasteiger partial charge in [0.05, 0.1) is 18.9 Å². The van der Waals surface area contributed by atoms with Crippen molar-refractivity contribution in [3.05, 3.63) is 35.2 Å². The summed E-state index contributed by atoms with van der Waals surface area (Å²) in [6.07, 6.45) is 3.55. The molecule has 144 valence electrons. The molecule has 1 aromatic carbocycles. The zero-order chi connectivity index (χ0) is 18.9. The number of rotatable bonds is 5. The number of fused-ring (bicyclic) bond motifs is 1. The Morgan fingerprint density at radius 3 is 2.74 bits per heavy atom. The Labute approximate surface area is 160 Å². The standard InChI is InChI=1S/C17H17NO7S2/c19-15-11(4-5-13-22-6-2-7-23-13)9-12(16-17(15)25-10-24-16)18-27(20,21)14-3-1-8-26-14/h1,3-5,8-9,13,18-19H,2,6-7,10H2/b5-4+. The molecule has 2 aromatic rings. The van der Waals surface area contributed by atoms with Gasteiger partial charge in [-0.3, -0.25) is 4.72 Å². The molecule has 4 rings (SSSR count). The Hall–Kier alpha value is -2.27. The molecule has 2 N–H and O–H groups in total. The van der Waals surface area contributed by atoms with E-state index in [2.05, 4.69) is 4.72 Å².